The van der Waals surface area contributed by atoms with E-state index in [9.17, 15) is 0 Å². The number of nitrogens with zero attached hydrogens (tertiary/aromatic N) is 3. The number of fused-ring (bicyclic) bond motifs is 2. The molecule has 8 heteroatoms. The van der Waals surface area contributed by atoms with Gasteiger partial charge < -0.3 is 20.5 Å². The van der Waals surface area contributed by atoms with Crippen molar-refractivity contribution >= 4 is 22.7 Å². The Hall–Kier alpha value is -3.52. The summed E-state index contributed by atoms with van der Waals surface area (Å²) in [6.07, 6.45) is 2.53. The highest BCUT2D eigenvalue weighted by Gasteiger charge is 2.33. The smallest absolute Gasteiger partial charge is 0.231 e. The van der Waals surface area contributed by atoms with E-state index in [1.165, 1.54) is 0 Å². The Kier molecular flexibility index (Phi) is 3.56. The molecule has 28 heavy (non-hydrogen) atoms. The summed E-state index contributed by atoms with van der Waals surface area (Å²) in [5.74, 6) is 2.03. The van der Waals surface area contributed by atoms with Gasteiger partial charge in [0.2, 0.25) is 12.6 Å². The molecule has 1 aromatic heterocycles. The van der Waals surface area contributed by atoms with Crippen molar-refractivity contribution < 1.29 is 9.47 Å². The van der Waals surface area contributed by atoms with Crippen molar-refractivity contribution in [3.8, 4) is 11.5 Å². The molecule has 0 fully saturated rings. The van der Waals surface area contributed by atoms with E-state index in [1.807, 2.05) is 47.0 Å². The summed E-state index contributed by atoms with van der Waals surface area (Å²) in [6, 6.07) is 13.5. The molecule has 2 aliphatic heterocycles. The monoisotopic (exact) mass is 376 g/mol. The number of nitrogens with two attached hydrogens (primary N) is 2. The van der Waals surface area contributed by atoms with E-state index < -0.39 is 5.79 Å². The van der Waals surface area contributed by atoms with Crippen LogP contribution in [0.2, 0.25) is 0 Å². The fourth-order valence-corrected chi connectivity index (χ4v) is 3.61. The molecular formula is C20H20N6O2. The van der Waals surface area contributed by atoms with E-state index in [0.29, 0.717) is 22.9 Å². The molecule has 2 aliphatic rings. The molecule has 2 aromatic carbocycles. The minimum Gasteiger partial charge on any atom is -0.454 e. The second-order valence-electron chi connectivity index (χ2n) is 6.73. The van der Waals surface area contributed by atoms with Gasteiger partial charge in [-0.25, -0.2) is 9.98 Å². The van der Waals surface area contributed by atoms with Gasteiger partial charge in [0.15, 0.2) is 11.5 Å². The molecule has 8 nitrogen and oxygen atoms in total. The highest BCUT2D eigenvalue weighted by Crippen LogP contribution is 2.36. The van der Waals surface area contributed by atoms with Gasteiger partial charge in [0.1, 0.15) is 17.5 Å². The lowest BCUT2D eigenvalue weighted by atomic mass is 10.1. The largest absolute Gasteiger partial charge is 0.454 e. The Bertz CT molecular complexity index is 1150. The van der Waals surface area contributed by atoms with Crippen LogP contribution in [0, 0.1) is 0 Å². The van der Waals surface area contributed by atoms with Gasteiger partial charge in [-0.1, -0.05) is 19.1 Å². The predicted molar refractivity (Wildman–Crippen MR) is 107 cm³/mol. The maximum absolute atomic E-state index is 6.65. The van der Waals surface area contributed by atoms with E-state index in [2.05, 4.69) is 17.2 Å². The topological polar surface area (TPSA) is 113 Å². The first-order valence-electron chi connectivity index (χ1n) is 9.08. The average molecular weight is 376 g/mol. The lowest BCUT2D eigenvalue weighted by Gasteiger charge is -2.33. The number of hydrogen-bond donors (Lipinski definition) is 3. The summed E-state index contributed by atoms with van der Waals surface area (Å²) < 4.78 is 12.9. The van der Waals surface area contributed by atoms with E-state index in [-0.39, 0.29) is 6.79 Å². The molecule has 0 saturated carbocycles. The minimum absolute atomic E-state index is 0.196. The van der Waals surface area contributed by atoms with Crippen LogP contribution in [0.4, 0.5) is 0 Å². The number of aliphatic imine (C=N–C) groups is 1. The van der Waals surface area contributed by atoms with Gasteiger partial charge in [0.05, 0.1) is 11.0 Å². The quantitative estimate of drug-likeness (QED) is 0.643. The van der Waals surface area contributed by atoms with Crippen LogP contribution in [-0.2, 0) is 12.2 Å². The first-order valence-corrected chi connectivity index (χ1v) is 9.08. The van der Waals surface area contributed by atoms with Gasteiger partial charge in [-0.2, -0.15) is 0 Å². The molecule has 0 radical (unpaired) electrons. The Labute approximate surface area is 161 Å². The van der Waals surface area contributed by atoms with E-state index in [4.69, 9.17) is 25.9 Å². The van der Waals surface area contributed by atoms with Crippen molar-refractivity contribution in [1.82, 2.24) is 14.9 Å². The Morgan fingerprint density at radius 1 is 1.18 bits per heavy atom. The van der Waals surface area contributed by atoms with Crippen LogP contribution < -0.4 is 26.3 Å². The Balaban J connectivity index is 1.61. The number of ether oxygens (including phenoxy) is 2. The number of amidine groups is 1. The normalized spacial score (nSPS) is 20.6. The summed E-state index contributed by atoms with van der Waals surface area (Å²) in [5.41, 5.74) is 15.4. The molecule has 0 spiro atoms. The number of rotatable bonds is 3. The zero-order valence-electron chi connectivity index (χ0n) is 15.3. The van der Waals surface area contributed by atoms with Crippen LogP contribution in [0.25, 0.3) is 16.9 Å². The van der Waals surface area contributed by atoms with Gasteiger partial charge in [-0.05, 0) is 30.3 Å². The lowest BCUT2D eigenvalue weighted by molar-refractivity contribution is 0.174. The fourth-order valence-electron chi connectivity index (χ4n) is 3.61. The highest BCUT2D eigenvalue weighted by molar-refractivity contribution is 5.98. The zero-order valence-corrected chi connectivity index (χ0v) is 15.3. The Morgan fingerprint density at radius 3 is 2.86 bits per heavy atom. The third-order valence-corrected chi connectivity index (χ3v) is 4.91. The number of imidazole rings is 1. The zero-order chi connectivity index (χ0) is 19.3. The predicted octanol–water partition coefficient (Wildman–Crippen LogP) is 1.86. The SMILES string of the molecule is CCc1nc2ccccc2n1C1=CC(N)=NC(N)(c2ccc3c(c2)OCO3)N1. The maximum Gasteiger partial charge on any atom is 0.231 e. The molecule has 1 unspecified atom stereocenters. The Morgan fingerprint density at radius 2 is 2.00 bits per heavy atom. The van der Waals surface area contributed by atoms with Gasteiger partial charge in [0, 0.05) is 18.1 Å². The maximum atomic E-state index is 6.65. The van der Waals surface area contributed by atoms with Gasteiger partial charge >= 0.3 is 0 Å². The molecule has 3 aromatic rings. The molecule has 3 heterocycles. The van der Waals surface area contributed by atoms with Crippen LogP contribution in [0.5, 0.6) is 11.5 Å². The van der Waals surface area contributed by atoms with Crippen LogP contribution in [0.1, 0.15) is 18.3 Å². The second-order valence-corrected chi connectivity index (χ2v) is 6.73. The van der Waals surface area contributed by atoms with E-state index in [1.54, 1.807) is 6.08 Å². The summed E-state index contributed by atoms with van der Waals surface area (Å²) in [7, 11) is 0. The first-order chi connectivity index (χ1) is 13.6. The van der Waals surface area contributed by atoms with E-state index in [0.717, 1.165) is 29.1 Å². The van der Waals surface area contributed by atoms with Crippen LogP contribution in [0.3, 0.4) is 0 Å². The first kappa shape index (κ1) is 16.6. The molecule has 0 amide bonds. The highest BCUT2D eigenvalue weighted by atomic mass is 16.7. The number of hydrogen-bond acceptors (Lipinski definition) is 7. The molecule has 0 saturated heterocycles. The second kappa shape index (κ2) is 6.00. The minimum atomic E-state index is -1.24. The van der Waals surface area contributed by atoms with Crippen LogP contribution in [0.15, 0.2) is 53.5 Å². The molecule has 5 N–H and O–H groups in total. The molecule has 0 aliphatic carbocycles. The average Bonchev–Trinajstić information content (AvgIpc) is 3.30. The van der Waals surface area contributed by atoms with Crippen LogP contribution in [-0.4, -0.2) is 22.2 Å². The van der Waals surface area contributed by atoms with Crippen molar-refractivity contribution in [1.29, 1.82) is 0 Å². The fraction of sp³-hybridized carbons (Fsp3) is 0.200. The number of aryl methyl sites for hydroxylation is 1. The third-order valence-electron chi connectivity index (χ3n) is 4.91. The van der Waals surface area contributed by atoms with Crippen molar-refractivity contribution in [2.75, 3.05) is 6.79 Å². The third kappa shape index (κ3) is 2.49. The van der Waals surface area contributed by atoms with Crippen molar-refractivity contribution in [3.63, 3.8) is 0 Å². The summed E-state index contributed by atoms with van der Waals surface area (Å²) in [5, 5.41) is 3.33. The summed E-state index contributed by atoms with van der Waals surface area (Å²) in [6.45, 7) is 2.26. The lowest BCUT2D eigenvalue weighted by Crippen LogP contribution is -2.52. The van der Waals surface area contributed by atoms with Crippen molar-refractivity contribution in [2.45, 2.75) is 19.1 Å². The van der Waals surface area contributed by atoms with Gasteiger partial charge in [0.25, 0.3) is 0 Å². The van der Waals surface area contributed by atoms with E-state index >= 15 is 0 Å². The summed E-state index contributed by atoms with van der Waals surface area (Å²) >= 11 is 0. The van der Waals surface area contributed by atoms with Crippen molar-refractivity contribution in [3.05, 3.63) is 59.9 Å². The molecule has 142 valence electrons. The molecule has 0 bridgehead atoms. The van der Waals surface area contributed by atoms with Crippen molar-refractivity contribution in [2.24, 2.45) is 16.5 Å². The number of nitrogens with one attached hydrogen (secondary N) is 1. The number of benzene rings is 2. The molecular weight excluding hydrogens is 356 g/mol. The molecule has 1 atom stereocenters. The number of para-hydroxylation sites is 2. The molecule has 5 rings (SSSR count). The number of aromatic nitrogens is 2. The van der Waals surface area contributed by atoms with Gasteiger partial charge in [-0.3, -0.25) is 10.3 Å². The van der Waals surface area contributed by atoms with Gasteiger partial charge in [-0.15, -0.1) is 0 Å². The standard InChI is InChI=1S/C20H20N6O2/c1-2-18-23-13-5-3-4-6-14(13)26(18)19-10-17(21)24-20(22,25-19)12-7-8-15-16(9-12)28-11-27-15/h3-10,25H,2,11,22H2,1H3,(H2,21,24). The summed E-state index contributed by atoms with van der Waals surface area (Å²) in [4.78, 5) is 9.18. The van der Waals surface area contributed by atoms with Crippen LogP contribution >= 0.6 is 0 Å².